The predicted octanol–water partition coefficient (Wildman–Crippen LogP) is 4.52. The lowest BCUT2D eigenvalue weighted by Gasteiger charge is -2.18. The molecule has 0 aliphatic rings. The molecule has 1 unspecified atom stereocenters. The normalized spacial score (nSPS) is 12.1. The summed E-state index contributed by atoms with van der Waals surface area (Å²) in [6.07, 6.45) is 0.644. The molecule has 0 aromatic heterocycles. The molecule has 31 heavy (non-hydrogen) atoms. The van der Waals surface area contributed by atoms with Crippen molar-refractivity contribution in [1.82, 2.24) is 5.32 Å². The highest BCUT2D eigenvalue weighted by Crippen LogP contribution is 2.22. The van der Waals surface area contributed by atoms with E-state index in [2.05, 4.69) is 10.0 Å². The molecule has 3 aromatic carbocycles. The number of hydrogen-bond donors (Lipinski definition) is 2. The monoisotopic (exact) mass is 442 g/mol. The van der Waals surface area contributed by atoms with Crippen LogP contribution in [0.1, 0.15) is 35.3 Å². The zero-order chi connectivity index (χ0) is 22.4. The first-order valence-electron chi connectivity index (χ1n) is 9.66. The molecule has 6 nitrogen and oxygen atoms in total. The lowest BCUT2D eigenvalue weighted by molar-refractivity contribution is 0.0935. The van der Waals surface area contributed by atoms with Gasteiger partial charge in [-0.3, -0.25) is 9.52 Å². The third kappa shape index (κ3) is 5.40. The van der Waals surface area contributed by atoms with Gasteiger partial charge in [0.2, 0.25) is 0 Å². The van der Waals surface area contributed by atoms with Gasteiger partial charge in [0.05, 0.1) is 23.7 Å². The zero-order valence-corrected chi connectivity index (χ0v) is 17.9. The molecule has 0 bridgehead atoms. The summed E-state index contributed by atoms with van der Waals surface area (Å²) in [5.41, 5.74) is 0.924. The highest BCUT2D eigenvalue weighted by atomic mass is 32.2. The standard InChI is InChI=1S/C23H23FN2O4S/c1-3-21(16-11-13-18(30-2)14-12-16)25-23(27)17-7-6-8-19(15-17)31(28,29)26-22-10-5-4-9-20(22)24/h4-15,21,26H,3H2,1-2H3,(H,25,27). The number of rotatable bonds is 8. The van der Waals surface area contributed by atoms with Crippen LogP contribution in [0.15, 0.2) is 77.7 Å². The highest BCUT2D eigenvalue weighted by Gasteiger charge is 2.19. The van der Waals surface area contributed by atoms with E-state index in [1.54, 1.807) is 7.11 Å². The van der Waals surface area contributed by atoms with Crippen molar-refractivity contribution in [2.24, 2.45) is 0 Å². The topological polar surface area (TPSA) is 84.5 Å². The Hall–Kier alpha value is -3.39. The summed E-state index contributed by atoms with van der Waals surface area (Å²) in [5.74, 6) is -0.388. The van der Waals surface area contributed by atoms with Gasteiger partial charge in [0.25, 0.3) is 15.9 Å². The van der Waals surface area contributed by atoms with E-state index in [1.807, 2.05) is 31.2 Å². The molecule has 8 heteroatoms. The van der Waals surface area contributed by atoms with Gasteiger partial charge in [-0.1, -0.05) is 37.3 Å². The van der Waals surface area contributed by atoms with Gasteiger partial charge in [-0.2, -0.15) is 0 Å². The van der Waals surface area contributed by atoms with Gasteiger partial charge < -0.3 is 10.1 Å². The third-order valence-electron chi connectivity index (χ3n) is 4.76. The minimum Gasteiger partial charge on any atom is -0.497 e. The fraction of sp³-hybridized carbons (Fsp3) is 0.174. The summed E-state index contributed by atoms with van der Waals surface area (Å²) >= 11 is 0. The molecule has 1 amide bonds. The minimum absolute atomic E-state index is 0.138. The first-order valence-corrected chi connectivity index (χ1v) is 11.1. The van der Waals surface area contributed by atoms with Crippen LogP contribution in [0.2, 0.25) is 0 Å². The van der Waals surface area contributed by atoms with Crippen molar-refractivity contribution in [3.8, 4) is 5.75 Å². The van der Waals surface area contributed by atoms with Gasteiger partial charge in [0.1, 0.15) is 11.6 Å². The number of hydrogen-bond acceptors (Lipinski definition) is 4. The van der Waals surface area contributed by atoms with Gasteiger partial charge >= 0.3 is 0 Å². The number of para-hydroxylation sites is 1. The van der Waals surface area contributed by atoms with Crippen LogP contribution in [-0.2, 0) is 10.0 Å². The van der Waals surface area contributed by atoms with Gasteiger partial charge in [0, 0.05) is 5.56 Å². The third-order valence-corrected chi connectivity index (χ3v) is 6.12. The van der Waals surface area contributed by atoms with Crippen molar-refractivity contribution < 1.29 is 22.3 Å². The Morgan fingerprint density at radius 3 is 2.39 bits per heavy atom. The van der Waals surface area contributed by atoms with Crippen LogP contribution in [0.5, 0.6) is 5.75 Å². The van der Waals surface area contributed by atoms with Crippen LogP contribution in [0.4, 0.5) is 10.1 Å². The Labute approximate surface area is 181 Å². The Morgan fingerprint density at radius 1 is 1.03 bits per heavy atom. The van der Waals surface area contributed by atoms with E-state index in [-0.39, 0.29) is 22.2 Å². The number of nitrogens with one attached hydrogen (secondary N) is 2. The molecular weight excluding hydrogens is 419 g/mol. The fourth-order valence-electron chi connectivity index (χ4n) is 3.05. The largest absolute Gasteiger partial charge is 0.497 e. The summed E-state index contributed by atoms with van der Waals surface area (Å²) in [5, 5.41) is 2.92. The first-order chi connectivity index (χ1) is 14.8. The maximum absolute atomic E-state index is 13.8. The van der Waals surface area contributed by atoms with E-state index in [0.29, 0.717) is 12.2 Å². The van der Waals surface area contributed by atoms with Crippen molar-refractivity contribution >= 4 is 21.6 Å². The number of sulfonamides is 1. The molecule has 0 saturated heterocycles. The van der Waals surface area contributed by atoms with Crippen LogP contribution in [-0.4, -0.2) is 21.4 Å². The second-order valence-electron chi connectivity index (χ2n) is 6.82. The van der Waals surface area contributed by atoms with Crippen LogP contribution in [0.3, 0.4) is 0 Å². The van der Waals surface area contributed by atoms with Gasteiger partial charge in [-0.05, 0) is 54.4 Å². The summed E-state index contributed by atoms with van der Waals surface area (Å²) in [7, 11) is -2.49. The first kappa shape index (κ1) is 22.3. The Bertz CT molecular complexity index is 1160. The molecule has 3 rings (SSSR count). The van der Waals surface area contributed by atoms with Crippen molar-refractivity contribution in [2.45, 2.75) is 24.3 Å². The van der Waals surface area contributed by atoms with E-state index in [9.17, 15) is 17.6 Å². The lowest BCUT2D eigenvalue weighted by atomic mass is 10.0. The molecule has 162 valence electrons. The van der Waals surface area contributed by atoms with E-state index in [0.717, 1.165) is 11.6 Å². The van der Waals surface area contributed by atoms with Crippen molar-refractivity contribution in [1.29, 1.82) is 0 Å². The van der Waals surface area contributed by atoms with E-state index in [4.69, 9.17) is 4.74 Å². The molecule has 3 aromatic rings. The summed E-state index contributed by atoms with van der Waals surface area (Å²) < 4.78 is 46.5. The molecule has 0 fully saturated rings. The van der Waals surface area contributed by atoms with Crippen LogP contribution in [0.25, 0.3) is 0 Å². The van der Waals surface area contributed by atoms with E-state index in [1.165, 1.54) is 42.5 Å². The fourth-order valence-corrected chi connectivity index (χ4v) is 4.16. The smallest absolute Gasteiger partial charge is 0.262 e. The Kier molecular flexibility index (Phi) is 6.91. The van der Waals surface area contributed by atoms with Gasteiger partial charge in [0.15, 0.2) is 0 Å². The van der Waals surface area contributed by atoms with Crippen LogP contribution < -0.4 is 14.8 Å². The van der Waals surface area contributed by atoms with Crippen LogP contribution in [0, 0.1) is 5.82 Å². The summed E-state index contributed by atoms with van der Waals surface area (Å²) in [4.78, 5) is 12.7. The average Bonchev–Trinajstić information content (AvgIpc) is 2.79. The maximum Gasteiger partial charge on any atom is 0.262 e. The van der Waals surface area contributed by atoms with Gasteiger partial charge in [-0.15, -0.1) is 0 Å². The minimum atomic E-state index is -4.07. The number of methoxy groups -OCH3 is 1. The molecule has 0 aliphatic heterocycles. The number of carbonyl (C=O) groups is 1. The second-order valence-corrected chi connectivity index (χ2v) is 8.50. The zero-order valence-electron chi connectivity index (χ0n) is 17.1. The maximum atomic E-state index is 13.8. The molecule has 0 heterocycles. The Morgan fingerprint density at radius 2 is 1.74 bits per heavy atom. The Balaban J connectivity index is 1.79. The predicted molar refractivity (Wildman–Crippen MR) is 117 cm³/mol. The number of carbonyl (C=O) groups excluding carboxylic acids is 1. The van der Waals surface area contributed by atoms with Crippen molar-refractivity contribution in [3.05, 3.63) is 89.7 Å². The molecule has 1 atom stereocenters. The second kappa shape index (κ2) is 9.61. The number of benzene rings is 3. The van der Waals surface area contributed by atoms with E-state index < -0.39 is 21.7 Å². The van der Waals surface area contributed by atoms with Crippen molar-refractivity contribution in [2.75, 3.05) is 11.8 Å². The summed E-state index contributed by atoms with van der Waals surface area (Å²) in [6.45, 7) is 1.94. The number of ether oxygens (including phenoxy) is 1. The van der Waals surface area contributed by atoms with Crippen molar-refractivity contribution in [3.63, 3.8) is 0 Å². The average molecular weight is 443 g/mol. The highest BCUT2D eigenvalue weighted by molar-refractivity contribution is 7.92. The quantitative estimate of drug-likeness (QED) is 0.537. The van der Waals surface area contributed by atoms with Crippen LogP contribution >= 0.6 is 0 Å². The number of amides is 1. The lowest BCUT2D eigenvalue weighted by Crippen LogP contribution is -2.28. The molecule has 0 spiro atoms. The molecule has 0 saturated carbocycles. The molecule has 0 radical (unpaired) electrons. The van der Waals surface area contributed by atoms with Gasteiger partial charge in [-0.25, -0.2) is 12.8 Å². The van der Waals surface area contributed by atoms with E-state index >= 15 is 0 Å². The molecular formula is C23H23FN2O4S. The molecule has 2 N–H and O–H groups in total. The SMILES string of the molecule is CCC(NC(=O)c1cccc(S(=O)(=O)Nc2ccccc2F)c1)c1ccc(OC)cc1. The summed E-state index contributed by atoms with van der Waals surface area (Å²) in [6, 6.07) is 18.2. The number of anilines is 1. The number of halogens is 1. The molecule has 0 aliphatic carbocycles.